The molecule has 0 heterocycles. The van der Waals surface area contributed by atoms with Crippen molar-refractivity contribution in [3.8, 4) is 12.3 Å². The molecule has 0 aromatic carbocycles. The highest BCUT2D eigenvalue weighted by Gasteiger charge is 2.38. The lowest BCUT2D eigenvalue weighted by Gasteiger charge is -2.41. The molecule has 1 unspecified atom stereocenters. The molecule has 0 bridgehead atoms. The Kier molecular flexibility index (Phi) is 5.14. The molecule has 2 heteroatoms. The van der Waals surface area contributed by atoms with Gasteiger partial charge in [-0.15, -0.1) is 12.3 Å². The molecule has 0 aromatic heterocycles. The van der Waals surface area contributed by atoms with Crippen LogP contribution in [0.2, 0.25) is 0 Å². The van der Waals surface area contributed by atoms with E-state index in [0.717, 1.165) is 32.3 Å². The fourth-order valence-electron chi connectivity index (χ4n) is 2.56. The van der Waals surface area contributed by atoms with Gasteiger partial charge in [-0.1, -0.05) is 19.3 Å². The Hall–Kier alpha value is -0.520. The van der Waals surface area contributed by atoms with Gasteiger partial charge in [0.05, 0.1) is 5.60 Å². The maximum atomic E-state index is 6.24. The molecule has 0 spiro atoms. The van der Waals surface area contributed by atoms with Crippen LogP contribution in [0.15, 0.2) is 0 Å². The number of terminal acetylenes is 1. The van der Waals surface area contributed by atoms with Crippen molar-refractivity contribution < 1.29 is 4.74 Å². The third kappa shape index (κ3) is 3.22. The first-order valence-electron chi connectivity index (χ1n) is 6.08. The van der Waals surface area contributed by atoms with Gasteiger partial charge in [0.15, 0.2) is 0 Å². The third-order valence-electron chi connectivity index (χ3n) is 3.41. The standard InChI is InChI=1S/C13H23NO/c1-3-5-9-12(14)13(15-4-2)10-7-6-8-11-13/h1,12H,4-11,14H2,2H3. The van der Waals surface area contributed by atoms with Crippen molar-refractivity contribution in [2.45, 2.75) is 63.5 Å². The Morgan fingerprint density at radius 2 is 2.07 bits per heavy atom. The van der Waals surface area contributed by atoms with Crippen LogP contribution in [0.1, 0.15) is 51.9 Å². The van der Waals surface area contributed by atoms with E-state index in [-0.39, 0.29) is 11.6 Å². The van der Waals surface area contributed by atoms with Crippen LogP contribution in [0.25, 0.3) is 0 Å². The van der Waals surface area contributed by atoms with Gasteiger partial charge >= 0.3 is 0 Å². The lowest BCUT2D eigenvalue weighted by molar-refractivity contribution is -0.0830. The summed E-state index contributed by atoms with van der Waals surface area (Å²) in [5.74, 6) is 2.66. The van der Waals surface area contributed by atoms with E-state index in [1.807, 2.05) is 6.92 Å². The Morgan fingerprint density at radius 1 is 1.40 bits per heavy atom. The maximum Gasteiger partial charge on any atom is 0.0832 e. The second-order valence-corrected chi connectivity index (χ2v) is 4.41. The Labute approximate surface area is 93.6 Å². The number of hydrogen-bond donors (Lipinski definition) is 1. The van der Waals surface area contributed by atoms with Gasteiger partial charge in [-0.2, -0.15) is 0 Å². The SMILES string of the molecule is C#CCCC(N)C1(OCC)CCCCC1. The predicted octanol–water partition coefficient (Wildman–Crippen LogP) is 2.47. The number of nitrogens with two attached hydrogens (primary N) is 1. The van der Waals surface area contributed by atoms with Crippen molar-refractivity contribution >= 4 is 0 Å². The molecule has 2 nitrogen and oxygen atoms in total. The van der Waals surface area contributed by atoms with Crippen molar-refractivity contribution in [2.75, 3.05) is 6.61 Å². The molecule has 1 saturated carbocycles. The molecule has 2 N–H and O–H groups in total. The van der Waals surface area contributed by atoms with Gasteiger partial charge in [0, 0.05) is 19.1 Å². The molecule has 0 radical (unpaired) electrons. The minimum absolute atomic E-state index is 0.0795. The van der Waals surface area contributed by atoms with E-state index >= 15 is 0 Å². The Balaban J connectivity index is 2.58. The first-order chi connectivity index (χ1) is 7.25. The van der Waals surface area contributed by atoms with Gasteiger partial charge < -0.3 is 10.5 Å². The largest absolute Gasteiger partial charge is 0.374 e. The Bertz CT molecular complexity index is 208. The van der Waals surface area contributed by atoms with E-state index in [0.29, 0.717) is 0 Å². The van der Waals surface area contributed by atoms with Gasteiger partial charge in [0.1, 0.15) is 0 Å². The summed E-state index contributed by atoms with van der Waals surface area (Å²) in [6, 6.07) is 0.105. The van der Waals surface area contributed by atoms with E-state index in [1.165, 1.54) is 19.3 Å². The smallest absolute Gasteiger partial charge is 0.0832 e. The van der Waals surface area contributed by atoms with E-state index in [2.05, 4.69) is 5.92 Å². The van der Waals surface area contributed by atoms with Crippen LogP contribution in [0, 0.1) is 12.3 Å². The summed E-state index contributed by atoms with van der Waals surface area (Å²) in [5, 5.41) is 0. The fourth-order valence-corrected chi connectivity index (χ4v) is 2.56. The minimum Gasteiger partial charge on any atom is -0.374 e. The molecule has 1 fully saturated rings. The molecule has 0 aromatic rings. The summed E-state index contributed by atoms with van der Waals surface area (Å²) in [5.41, 5.74) is 6.16. The monoisotopic (exact) mass is 209 g/mol. The van der Waals surface area contributed by atoms with Crippen LogP contribution < -0.4 is 5.73 Å². The second-order valence-electron chi connectivity index (χ2n) is 4.41. The first kappa shape index (κ1) is 12.5. The van der Waals surface area contributed by atoms with Gasteiger partial charge in [-0.3, -0.25) is 0 Å². The van der Waals surface area contributed by atoms with Crippen LogP contribution in [0.5, 0.6) is 0 Å². The van der Waals surface area contributed by atoms with Crippen LogP contribution in [0.3, 0.4) is 0 Å². The summed E-state index contributed by atoms with van der Waals surface area (Å²) in [6.07, 6.45) is 12.9. The molecule has 0 amide bonds. The zero-order chi connectivity index (χ0) is 11.1. The molecule has 1 aliphatic rings. The van der Waals surface area contributed by atoms with Crippen molar-refractivity contribution in [3.63, 3.8) is 0 Å². The minimum atomic E-state index is -0.0795. The summed E-state index contributed by atoms with van der Waals surface area (Å²) in [6.45, 7) is 2.80. The van der Waals surface area contributed by atoms with Crippen LogP contribution in [0.4, 0.5) is 0 Å². The summed E-state index contributed by atoms with van der Waals surface area (Å²) in [4.78, 5) is 0. The van der Waals surface area contributed by atoms with Crippen molar-refractivity contribution in [1.82, 2.24) is 0 Å². The molecular weight excluding hydrogens is 186 g/mol. The Morgan fingerprint density at radius 3 is 2.60 bits per heavy atom. The summed E-state index contributed by atoms with van der Waals surface area (Å²) >= 11 is 0. The highest BCUT2D eigenvalue weighted by Crippen LogP contribution is 2.35. The zero-order valence-corrected chi connectivity index (χ0v) is 9.80. The first-order valence-corrected chi connectivity index (χ1v) is 6.08. The fraction of sp³-hybridized carbons (Fsp3) is 0.846. The van der Waals surface area contributed by atoms with Crippen molar-refractivity contribution in [2.24, 2.45) is 5.73 Å². The average Bonchev–Trinajstić information content (AvgIpc) is 2.27. The van der Waals surface area contributed by atoms with Gasteiger partial charge in [0.25, 0.3) is 0 Å². The van der Waals surface area contributed by atoms with Crippen LogP contribution in [-0.2, 0) is 4.74 Å². The van der Waals surface area contributed by atoms with E-state index in [4.69, 9.17) is 16.9 Å². The molecule has 86 valence electrons. The molecule has 0 saturated heterocycles. The normalized spacial score (nSPS) is 21.9. The molecule has 1 atom stereocenters. The molecule has 15 heavy (non-hydrogen) atoms. The molecule has 1 aliphatic carbocycles. The van der Waals surface area contributed by atoms with Gasteiger partial charge in [0.2, 0.25) is 0 Å². The summed E-state index contributed by atoms with van der Waals surface area (Å²) in [7, 11) is 0. The topological polar surface area (TPSA) is 35.2 Å². The number of rotatable bonds is 5. The van der Waals surface area contributed by atoms with Gasteiger partial charge in [-0.25, -0.2) is 0 Å². The molecule has 0 aliphatic heterocycles. The van der Waals surface area contributed by atoms with Crippen molar-refractivity contribution in [1.29, 1.82) is 0 Å². The third-order valence-corrected chi connectivity index (χ3v) is 3.41. The van der Waals surface area contributed by atoms with Crippen LogP contribution >= 0.6 is 0 Å². The van der Waals surface area contributed by atoms with Gasteiger partial charge in [-0.05, 0) is 26.2 Å². The number of hydrogen-bond acceptors (Lipinski definition) is 2. The molecule has 1 rings (SSSR count). The highest BCUT2D eigenvalue weighted by atomic mass is 16.5. The quantitative estimate of drug-likeness (QED) is 0.706. The predicted molar refractivity (Wildman–Crippen MR) is 63.5 cm³/mol. The lowest BCUT2D eigenvalue weighted by Crippen LogP contribution is -2.51. The van der Waals surface area contributed by atoms with E-state index in [9.17, 15) is 0 Å². The highest BCUT2D eigenvalue weighted by molar-refractivity contribution is 4.96. The second kappa shape index (κ2) is 6.15. The maximum absolute atomic E-state index is 6.24. The van der Waals surface area contributed by atoms with E-state index in [1.54, 1.807) is 0 Å². The summed E-state index contributed by atoms with van der Waals surface area (Å²) < 4.78 is 5.94. The van der Waals surface area contributed by atoms with Crippen molar-refractivity contribution in [3.05, 3.63) is 0 Å². The average molecular weight is 209 g/mol. The zero-order valence-electron chi connectivity index (χ0n) is 9.80. The van der Waals surface area contributed by atoms with E-state index < -0.39 is 0 Å². The van der Waals surface area contributed by atoms with Crippen LogP contribution in [-0.4, -0.2) is 18.2 Å². The lowest BCUT2D eigenvalue weighted by atomic mass is 9.78. The number of ether oxygens (including phenoxy) is 1. The molecular formula is C13H23NO.